The lowest BCUT2D eigenvalue weighted by atomic mass is 9.93. The number of ether oxygens (including phenoxy) is 4. The average Bonchev–Trinajstić information content (AvgIpc) is 3.42. The summed E-state index contributed by atoms with van der Waals surface area (Å²) < 4.78 is 22.0. The summed E-state index contributed by atoms with van der Waals surface area (Å²) in [6.07, 6.45) is 3.27. The highest BCUT2D eigenvalue weighted by molar-refractivity contribution is 6.01. The molecule has 2 atom stereocenters. The number of hydrogen-bond acceptors (Lipinski definition) is 8. The maximum absolute atomic E-state index is 12.9. The molecule has 40 heavy (non-hydrogen) atoms. The predicted octanol–water partition coefficient (Wildman–Crippen LogP) is 5.27. The van der Waals surface area contributed by atoms with Gasteiger partial charge in [0.05, 0.1) is 18.0 Å². The molecule has 1 aliphatic heterocycles. The molecule has 0 spiro atoms. The third-order valence-corrected chi connectivity index (χ3v) is 6.22. The lowest BCUT2D eigenvalue weighted by Gasteiger charge is -2.25. The zero-order valence-electron chi connectivity index (χ0n) is 22.2. The molecule has 10 heteroatoms. The van der Waals surface area contributed by atoms with Crippen molar-refractivity contribution in [1.82, 2.24) is 0 Å². The number of anilines is 3. The standard InChI is InChI=1S/C30H33N3O7/c1-20(6-2-5-9-28(35)33-25-8-4-3-7-24(25)31)29(21-10-13-23(14-11-21)37-17-16-34)40-30(36)32-22-12-15-26-27(18-22)39-19-38-26/h3-5,7-15,18,20,29,34H,2,6,16-17,19,31H2,1H3,(H,32,36)(H,33,35)/b9-5+/t20-,29-/m0/s1. The lowest BCUT2D eigenvalue weighted by Crippen LogP contribution is -2.22. The molecule has 0 bridgehead atoms. The van der Waals surface area contributed by atoms with Gasteiger partial charge >= 0.3 is 6.09 Å². The van der Waals surface area contributed by atoms with Crippen LogP contribution in [-0.2, 0) is 9.53 Å². The van der Waals surface area contributed by atoms with Crippen LogP contribution < -0.4 is 30.6 Å². The van der Waals surface area contributed by atoms with E-state index in [0.29, 0.717) is 47.2 Å². The van der Waals surface area contributed by atoms with E-state index < -0.39 is 12.2 Å². The number of carbonyl (C=O) groups excluding carboxylic acids is 2. The number of fused-ring (bicyclic) bond motifs is 1. The Labute approximate surface area is 232 Å². The van der Waals surface area contributed by atoms with Crippen LogP contribution in [0.25, 0.3) is 0 Å². The Hall–Kier alpha value is -4.70. The van der Waals surface area contributed by atoms with Crippen molar-refractivity contribution in [3.63, 3.8) is 0 Å². The van der Waals surface area contributed by atoms with E-state index >= 15 is 0 Å². The van der Waals surface area contributed by atoms with Gasteiger partial charge < -0.3 is 35.1 Å². The van der Waals surface area contributed by atoms with Gasteiger partial charge in [0, 0.05) is 11.8 Å². The molecule has 5 N–H and O–H groups in total. The van der Waals surface area contributed by atoms with Crippen molar-refractivity contribution >= 4 is 29.1 Å². The molecule has 4 rings (SSSR count). The fourth-order valence-electron chi connectivity index (χ4n) is 4.15. The summed E-state index contributed by atoms with van der Waals surface area (Å²) >= 11 is 0. The SMILES string of the molecule is C[C@@H](CC/C=C/C(=O)Nc1ccccc1N)[C@H](OC(=O)Nc1ccc2c(c1)OCO2)c1ccc(OCCO)cc1. The van der Waals surface area contributed by atoms with Crippen molar-refractivity contribution in [2.45, 2.75) is 25.9 Å². The molecule has 0 aromatic heterocycles. The number of aliphatic hydroxyl groups excluding tert-OH is 1. The first-order valence-electron chi connectivity index (χ1n) is 13.0. The fourth-order valence-corrected chi connectivity index (χ4v) is 4.15. The fraction of sp³-hybridized carbons (Fsp3) is 0.267. The number of amides is 2. The van der Waals surface area contributed by atoms with Crippen LogP contribution in [0.3, 0.4) is 0 Å². The quantitative estimate of drug-likeness (QED) is 0.178. The minimum absolute atomic E-state index is 0.0885. The number of nitrogens with one attached hydrogen (secondary N) is 2. The summed E-state index contributed by atoms with van der Waals surface area (Å²) in [6, 6.07) is 19.3. The summed E-state index contributed by atoms with van der Waals surface area (Å²) in [5.41, 5.74) is 8.22. The normalized spacial score (nSPS) is 13.4. The number of para-hydroxylation sites is 2. The van der Waals surface area contributed by atoms with E-state index in [-0.39, 0.29) is 31.8 Å². The number of nitrogens with two attached hydrogens (primary N) is 1. The van der Waals surface area contributed by atoms with Crippen LogP contribution in [0.1, 0.15) is 31.4 Å². The number of allylic oxidation sites excluding steroid dienone is 1. The molecule has 2 amide bonds. The van der Waals surface area contributed by atoms with E-state index in [4.69, 9.17) is 29.8 Å². The number of benzene rings is 3. The summed E-state index contributed by atoms with van der Waals surface area (Å²) in [5, 5.41) is 14.5. The predicted molar refractivity (Wildman–Crippen MR) is 151 cm³/mol. The van der Waals surface area contributed by atoms with Gasteiger partial charge in [-0.2, -0.15) is 0 Å². The summed E-state index contributed by atoms with van der Waals surface area (Å²) in [4.78, 5) is 25.2. The van der Waals surface area contributed by atoms with E-state index in [9.17, 15) is 9.59 Å². The minimum atomic E-state index is -0.619. The molecule has 3 aromatic rings. The molecule has 3 aromatic carbocycles. The van der Waals surface area contributed by atoms with Gasteiger partial charge in [0.25, 0.3) is 0 Å². The molecule has 1 heterocycles. The Bertz CT molecular complexity index is 1330. The van der Waals surface area contributed by atoms with Crippen molar-refractivity contribution in [2.75, 3.05) is 36.4 Å². The second kappa shape index (κ2) is 13.9. The second-order valence-corrected chi connectivity index (χ2v) is 9.19. The zero-order valence-corrected chi connectivity index (χ0v) is 22.2. The van der Waals surface area contributed by atoms with Crippen molar-refractivity contribution in [1.29, 1.82) is 0 Å². The number of hydrogen-bond donors (Lipinski definition) is 4. The second-order valence-electron chi connectivity index (χ2n) is 9.19. The van der Waals surface area contributed by atoms with Gasteiger partial charge in [0.2, 0.25) is 12.7 Å². The van der Waals surface area contributed by atoms with Crippen molar-refractivity contribution < 1.29 is 33.6 Å². The summed E-state index contributed by atoms with van der Waals surface area (Å²) in [5.74, 6) is 1.39. The molecule has 210 valence electrons. The van der Waals surface area contributed by atoms with Gasteiger partial charge in [-0.15, -0.1) is 0 Å². The largest absolute Gasteiger partial charge is 0.491 e. The van der Waals surface area contributed by atoms with E-state index in [1.54, 1.807) is 60.7 Å². The Balaban J connectivity index is 1.38. The highest BCUT2D eigenvalue weighted by Gasteiger charge is 2.24. The lowest BCUT2D eigenvalue weighted by molar-refractivity contribution is -0.111. The van der Waals surface area contributed by atoms with Crippen LogP contribution in [0.15, 0.2) is 78.9 Å². The molecule has 0 radical (unpaired) electrons. The number of aliphatic hydroxyl groups is 1. The van der Waals surface area contributed by atoms with Gasteiger partial charge in [-0.05, 0) is 66.8 Å². The van der Waals surface area contributed by atoms with Gasteiger partial charge in [-0.3, -0.25) is 10.1 Å². The first-order valence-corrected chi connectivity index (χ1v) is 13.0. The van der Waals surface area contributed by atoms with E-state index in [1.165, 1.54) is 6.08 Å². The maximum Gasteiger partial charge on any atom is 0.412 e. The molecule has 1 aliphatic rings. The average molecular weight is 548 g/mol. The number of rotatable bonds is 12. The van der Waals surface area contributed by atoms with Crippen molar-refractivity contribution in [3.05, 3.63) is 84.4 Å². The van der Waals surface area contributed by atoms with Gasteiger partial charge in [-0.1, -0.05) is 37.3 Å². The monoisotopic (exact) mass is 547 g/mol. The topological polar surface area (TPSA) is 141 Å². The molecular weight excluding hydrogens is 514 g/mol. The summed E-state index contributed by atoms with van der Waals surface area (Å²) in [6.45, 7) is 2.21. The Morgan fingerprint density at radius 3 is 2.60 bits per heavy atom. The maximum atomic E-state index is 12.9. The molecular formula is C30H33N3O7. The number of nitrogen functional groups attached to an aromatic ring is 1. The highest BCUT2D eigenvalue weighted by Crippen LogP contribution is 2.35. The smallest absolute Gasteiger partial charge is 0.412 e. The van der Waals surface area contributed by atoms with Crippen LogP contribution in [0.2, 0.25) is 0 Å². The van der Waals surface area contributed by atoms with Gasteiger partial charge in [-0.25, -0.2) is 4.79 Å². The summed E-state index contributed by atoms with van der Waals surface area (Å²) in [7, 11) is 0. The van der Waals surface area contributed by atoms with E-state index in [2.05, 4.69) is 10.6 Å². The third-order valence-electron chi connectivity index (χ3n) is 6.22. The molecule has 0 aliphatic carbocycles. The van der Waals surface area contributed by atoms with Crippen LogP contribution in [0.5, 0.6) is 17.2 Å². The molecule has 0 saturated carbocycles. The first kappa shape index (κ1) is 28.3. The Kier molecular flexibility index (Phi) is 9.84. The Morgan fingerprint density at radius 2 is 1.82 bits per heavy atom. The Morgan fingerprint density at radius 1 is 1.05 bits per heavy atom. The van der Waals surface area contributed by atoms with Crippen molar-refractivity contribution in [2.24, 2.45) is 5.92 Å². The van der Waals surface area contributed by atoms with Crippen LogP contribution in [-0.4, -0.2) is 37.1 Å². The van der Waals surface area contributed by atoms with Crippen LogP contribution in [0, 0.1) is 5.92 Å². The highest BCUT2D eigenvalue weighted by atomic mass is 16.7. The van der Waals surface area contributed by atoms with Gasteiger partial charge in [0.1, 0.15) is 18.5 Å². The minimum Gasteiger partial charge on any atom is -0.491 e. The van der Waals surface area contributed by atoms with Gasteiger partial charge in [0.15, 0.2) is 11.5 Å². The van der Waals surface area contributed by atoms with Crippen molar-refractivity contribution in [3.8, 4) is 17.2 Å². The number of carbonyl (C=O) groups is 2. The molecule has 0 saturated heterocycles. The van der Waals surface area contributed by atoms with Crippen LogP contribution in [0.4, 0.5) is 21.9 Å². The zero-order chi connectivity index (χ0) is 28.3. The van der Waals surface area contributed by atoms with E-state index in [1.807, 2.05) is 19.1 Å². The molecule has 0 fully saturated rings. The molecule has 0 unspecified atom stereocenters. The molecule has 10 nitrogen and oxygen atoms in total. The van der Waals surface area contributed by atoms with E-state index in [0.717, 1.165) is 5.56 Å². The first-order chi connectivity index (χ1) is 19.4. The van der Waals surface area contributed by atoms with Crippen LogP contribution >= 0.6 is 0 Å². The third kappa shape index (κ3) is 7.90.